The first-order chi connectivity index (χ1) is 7.66. The minimum atomic E-state index is 0. The van der Waals surface area contributed by atoms with Crippen molar-refractivity contribution in [2.24, 2.45) is 0 Å². The summed E-state index contributed by atoms with van der Waals surface area (Å²) in [6, 6.07) is 5.50. The molecule has 2 atom stereocenters. The maximum atomic E-state index is 6.40. The highest BCUT2D eigenvalue weighted by molar-refractivity contribution is 6.33. The second-order valence-corrected chi connectivity index (χ2v) is 5.43. The van der Waals surface area contributed by atoms with Crippen molar-refractivity contribution in [1.29, 1.82) is 0 Å². The van der Waals surface area contributed by atoms with Gasteiger partial charge in [0.25, 0.3) is 0 Å². The van der Waals surface area contributed by atoms with Crippen LogP contribution in [0.5, 0.6) is 0 Å². The number of hydrogen-bond donors (Lipinski definition) is 1. The Bertz CT molecular complexity index is 434. The van der Waals surface area contributed by atoms with Crippen LogP contribution >= 0.6 is 24.0 Å². The second kappa shape index (κ2) is 4.68. The molecule has 17 heavy (non-hydrogen) atoms. The van der Waals surface area contributed by atoms with Crippen LogP contribution in [0.4, 0.5) is 5.69 Å². The quantitative estimate of drug-likeness (QED) is 0.782. The van der Waals surface area contributed by atoms with Crippen molar-refractivity contribution in [3.8, 4) is 0 Å². The van der Waals surface area contributed by atoms with Crippen molar-refractivity contribution in [2.75, 3.05) is 18.0 Å². The number of fused-ring (bicyclic) bond motifs is 3. The summed E-state index contributed by atoms with van der Waals surface area (Å²) in [5, 5.41) is 4.41. The highest BCUT2D eigenvalue weighted by Crippen LogP contribution is 2.40. The maximum Gasteiger partial charge on any atom is 0.0645 e. The first-order valence-electron chi connectivity index (χ1n) is 5.95. The lowest BCUT2D eigenvalue weighted by atomic mass is 10.1. The second-order valence-electron chi connectivity index (χ2n) is 5.03. The van der Waals surface area contributed by atoms with E-state index in [2.05, 4.69) is 36.2 Å². The largest absolute Gasteiger partial charge is 0.362 e. The molecule has 0 aromatic heterocycles. The number of aryl methyl sites for hydroxylation is 1. The molecule has 0 bridgehead atoms. The molecule has 0 spiro atoms. The summed E-state index contributed by atoms with van der Waals surface area (Å²) < 4.78 is 0. The van der Waals surface area contributed by atoms with E-state index in [1.165, 1.54) is 16.8 Å². The zero-order chi connectivity index (χ0) is 11.3. The smallest absolute Gasteiger partial charge is 0.0645 e. The van der Waals surface area contributed by atoms with E-state index in [1.807, 2.05) is 0 Å². The average molecular weight is 273 g/mol. The lowest BCUT2D eigenvalue weighted by Gasteiger charge is -2.38. The van der Waals surface area contributed by atoms with Gasteiger partial charge in [0.1, 0.15) is 0 Å². The van der Waals surface area contributed by atoms with E-state index in [-0.39, 0.29) is 12.4 Å². The Balaban J connectivity index is 0.00000108. The molecule has 1 aromatic carbocycles. The number of hydrogen-bond acceptors (Lipinski definition) is 2. The third-order valence-electron chi connectivity index (χ3n) is 3.69. The summed E-state index contributed by atoms with van der Waals surface area (Å²) in [7, 11) is 0. The van der Waals surface area contributed by atoms with Gasteiger partial charge in [-0.3, -0.25) is 0 Å². The van der Waals surface area contributed by atoms with Gasteiger partial charge in [-0.25, -0.2) is 0 Å². The highest BCUT2D eigenvalue weighted by Gasteiger charge is 2.36. The maximum absolute atomic E-state index is 6.40. The molecule has 0 radical (unpaired) electrons. The molecule has 0 aliphatic carbocycles. The number of nitrogens with zero attached hydrogens (tertiary/aromatic N) is 1. The van der Waals surface area contributed by atoms with E-state index in [4.69, 9.17) is 11.6 Å². The summed E-state index contributed by atoms with van der Waals surface area (Å²) >= 11 is 6.40. The van der Waals surface area contributed by atoms with Crippen LogP contribution in [-0.2, 0) is 6.42 Å². The van der Waals surface area contributed by atoms with Crippen LogP contribution in [0.2, 0.25) is 5.02 Å². The molecule has 4 heteroatoms. The van der Waals surface area contributed by atoms with E-state index in [1.54, 1.807) is 0 Å². The van der Waals surface area contributed by atoms with Gasteiger partial charge in [-0.05, 0) is 37.5 Å². The fourth-order valence-corrected chi connectivity index (χ4v) is 3.49. The first kappa shape index (κ1) is 13.0. The first-order valence-corrected chi connectivity index (χ1v) is 6.32. The molecule has 2 aliphatic rings. The number of anilines is 1. The normalized spacial score (nSPS) is 26.2. The van der Waals surface area contributed by atoms with Crippen LogP contribution in [0.3, 0.4) is 0 Å². The van der Waals surface area contributed by atoms with Crippen molar-refractivity contribution in [3.63, 3.8) is 0 Å². The SMILES string of the molecule is Cc1cc(Cl)c2c(c1)C[C@@H]1CNCC(C)N21.Cl. The van der Waals surface area contributed by atoms with Crippen LogP contribution in [-0.4, -0.2) is 25.2 Å². The van der Waals surface area contributed by atoms with E-state index in [0.29, 0.717) is 12.1 Å². The topological polar surface area (TPSA) is 15.3 Å². The fourth-order valence-electron chi connectivity index (χ4n) is 3.09. The molecule has 2 heterocycles. The lowest BCUT2D eigenvalue weighted by Crippen LogP contribution is -2.54. The van der Waals surface area contributed by atoms with Crippen molar-refractivity contribution in [3.05, 3.63) is 28.3 Å². The predicted molar refractivity (Wildman–Crippen MR) is 75.7 cm³/mol. The van der Waals surface area contributed by atoms with E-state index in [0.717, 1.165) is 24.5 Å². The van der Waals surface area contributed by atoms with Gasteiger partial charge in [0.2, 0.25) is 0 Å². The van der Waals surface area contributed by atoms with Crippen molar-refractivity contribution >= 4 is 29.7 Å². The van der Waals surface area contributed by atoms with Gasteiger partial charge >= 0.3 is 0 Å². The van der Waals surface area contributed by atoms with Gasteiger partial charge in [0.05, 0.1) is 10.7 Å². The third-order valence-corrected chi connectivity index (χ3v) is 3.98. The molecule has 1 N–H and O–H groups in total. The van der Waals surface area contributed by atoms with Gasteiger partial charge in [-0.15, -0.1) is 12.4 Å². The summed E-state index contributed by atoms with van der Waals surface area (Å²) in [6.45, 7) is 6.52. The standard InChI is InChI=1S/C13H17ClN2.ClH/c1-8-3-10-5-11-7-15-6-9(2)16(11)13(10)12(14)4-8;/h3-4,9,11,15H,5-7H2,1-2H3;1H/t9?,11-;/m1./s1. The molecule has 1 aromatic rings. The number of benzene rings is 1. The van der Waals surface area contributed by atoms with Crippen LogP contribution in [0.25, 0.3) is 0 Å². The Kier molecular flexibility index (Phi) is 3.58. The van der Waals surface area contributed by atoms with E-state index >= 15 is 0 Å². The number of halogens is 2. The van der Waals surface area contributed by atoms with Crippen LogP contribution < -0.4 is 10.2 Å². The predicted octanol–water partition coefficient (Wildman–Crippen LogP) is 2.79. The Hall–Kier alpha value is -0.440. The molecule has 2 aliphatic heterocycles. The fraction of sp³-hybridized carbons (Fsp3) is 0.538. The zero-order valence-electron chi connectivity index (χ0n) is 10.2. The molecule has 2 nitrogen and oxygen atoms in total. The summed E-state index contributed by atoms with van der Waals surface area (Å²) in [4.78, 5) is 2.51. The summed E-state index contributed by atoms with van der Waals surface area (Å²) in [6.07, 6.45) is 1.13. The van der Waals surface area contributed by atoms with E-state index < -0.39 is 0 Å². The Morgan fingerprint density at radius 3 is 2.88 bits per heavy atom. The van der Waals surface area contributed by atoms with E-state index in [9.17, 15) is 0 Å². The minimum absolute atomic E-state index is 0. The summed E-state index contributed by atoms with van der Waals surface area (Å²) in [5.41, 5.74) is 3.97. The van der Waals surface area contributed by atoms with Gasteiger partial charge in [0, 0.05) is 25.2 Å². The Morgan fingerprint density at radius 2 is 2.12 bits per heavy atom. The zero-order valence-corrected chi connectivity index (χ0v) is 11.7. The molecular formula is C13H18Cl2N2. The van der Waals surface area contributed by atoms with Gasteiger partial charge in [0.15, 0.2) is 0 Å². The van der Waals surface area contributed by atoms with Gasteiger partial charge in [-0.1, -0.05) is 17.7 Å². The molecular weight excluding hydrogens is 255 g/mol. The number of rotatable bonds is 0. The molecule has 1 saturated heterocycles. The molecule has 94 valence electrons. The Morgan fingerprint density at radius 1 is 1.35 bits per heavy atom. The highest BCUT2D eigenvalue weighted by atomic mass is 35.5. The molecule has 1 fully saturated rings. The minimum Gasteiger partial charge on any atom is -0.362 e. The van der Waals surface area contributed by atoms with Crippen LogP contribution in [0, 0.1) is 6.92 Å². The van der Waals surface area contributed by atoms with Crippen molar-refractivity contribution in [2.45, 2.75) is 32.4 Å². The third kappa shape index (κ3) is 2.03. The number of nitrogens with one attached hydrogen (secondary N) is 1. The molecule has 1 unspecified atom stereocenters. The Labute approximate surface area is 114 Å². The van der Waals surface area contributed by atoms with Crippen LogP contribution in [0.1, 0.15) is 18.1 Å². The van der Waals surface area contributed by atoms with Gasteiger partial charge in [-0.2, -0.15) is 0 Å². The number of piperazine rings is 1. The molecule has 3 rings (SSSR count). The average Bonchev–Trinajstić information content (AvgIpc) is 2.56. The van der Waals surface area contributed by atoms with Crippen LogP contribution in [0.15, 0.2) is 12.1 Å². The lowest BCUT2D eigenvalue weighted by molar-refractivity contribution is 0.430. The van der Waals surface area contributed by atoms with Gasteiger partial charge < -0.3 is 10.2 Å². The molecule has 0 amide bonds. The van der Waals surface area contributed by atoms with Crippen molar-refractivity contribution in [1.82, 2.24) is 5.32 Å². The van der Waals surface area contributed by atoms with Crippen molar-refractivity contribution < 1.29 is 0 Å². The molecule has 0 saturated carbocycles. The summed E-state index contributed by atoms with van der Waals surface area (Å²) in [5.74, 6) is 0. The monoisotopic (exact) mass is 272 g/mol.